The van der Waals surface area contributed by atoms with Crippen LogP contribution in [0.15, 0.2) is 53.5 Å². The standard InChI is InChI=1S/C16H16FN3/c1-11-6-8-12(9-7-11)20-15(10-19-16(20)18)13-4-2-3-5-14(13)17/h2-9,15H,10H2,1H3,(H2,18,19). The van der Waals surface area contributed by atoms with E-state index in [2.05, 4.69) is 4.99 Å². The van der Waals surface area contributed by atoms with Gasteiger partial charge in [0.05, 0.1) is 12.6 Å². The summed E-state index contributed by atoms with van der Waals surface area (Å²) in [6.45, 7) is 2.50. The van der Waals surface area contributed by atoms with Gasteiger partial charge in [-0.25, -0.2) is 4.39 Å². The first-order valence-electron chi connectivity index (χ1n) is 6.57. The van der Waals surface area contributed by atoms with Gasteiger partial charge in [0.1, 0.15) is 5.82 Å². The van der Waals surface area contributed by atoms with Gasteiger partial charge in [0.25, 0.3) is 0 Å². The SMILES string of the molecule is Cc1ccc(N2C(N)=NCC2c2ccccc2F)cc1. The van der Waals surface area contributed by atoms with Crippen molar-refractivity contribution >= 4 is 11.6 Å². The van der Waals surface area contributed by atoms with Crippen molar-refractivity contribution in [2.75, 3.05) is 11.4 Å². The van der Waals surface area contributed by atoms with E-state index in [9.17, 15) is 4.39 Å². The molecule has 0 radical (unpaired) electrons. The van der Waals surface area contributed by atoms with Gasteiger partial charge in [0, 0.05) is 11.3 Å². The Morgan fingerprint density at radius 2 is 1.85 bits per heavy atom. The predicted molar refractivity (Wildman–Crippen MR) is 79.3 cm³/mol. The quantitative estimate of drug-likeness (QED) is 0.910. The number of anilines is 1. The van der Waals surface area contributed by atoms with Crippen LogP contribution in [0, 0.1) is 12.7 Å². The van der Waals surface area contributed by atoms with Crippen LogP contribution in [-0.2, 0) is 0 Å². The summed E-state index contributed by atoms with van der Waals surface area (Å²) in [6, 6.07) is 14.6. The third-order valence-corrected chi connectivity index (χ3v) is 3.56. The van der Waals surface area contributed by atoms with Crippen molar-refractivity contribution in [2.45, 2.75) is 13.0 Å². The van der Waals surface area contributed by atoms with Gasteiger partial charge in [-0.2, -0.15) is 0 Å². The number of aliphatic imine (C=N–C) groups is 1. The molecule has 0 fully saturated rings. The molecular weight excluding hydrogens is 253 g/mol. The molecule has 2 aromatic carbocycles. The van der Waals surface area contributed by atoms with Gasteiger partial charge in [-0.1, -0.05) is 35.9 Å². The van der Waals surface area contributed by atoms with Crippen molar-refractivity contribution < 1.29 is 4.39 Å². The lowest BCUT2D eigenvalue weighted by Gasteiger charge is -2.27. The van der Waals surface area contributed by atoms with E-state index in [1.165, 1.54) is 11.6 Å². The maximum atomic E-state index is 14.0. The normalized spacial score (nSPS) is 18.2. The Balaban J connectivity index is 2.01. The van der Waals surface area contributed by atoms with Gasteiger partial charge in [-0.3, -0.25) is 4.99 Å². The van der Waals surface area contributed by atoms with Crippen molar-refractivity contribution in [3.63, 3.8) is 0 Å². The zero-order valence-corrected chi connectivity index (χ0v) is 11.3. The summed E-state index contributed by atoms with van der Waals surface area (Å²) in [5, 5.41) is 0. The Morgan fingerprint density at radius 3 is 2.55 bits per heavy atom. The van der Waals surface area contributed by atoms with Gasteiger partial charge in [-0.15, -0.1) is 0 Å². The highest BCUT2D eigenvalue weighted by molar-refractivity contribution is 5.97. The summed E-state index contributed by atoms with van der Waals surface area (Å²) in [7, 11) is 0. The van der Waals surface area contributed by atoms with Gasteiger partial charge in [0.15, 0.2) is 5.96 Å². The molecule has 4 heteroatoms. The van der Waals surface area contributed by atoms with Crippen molar-refractivity contribution in [1.82, 2.24) is 0 Å². The average molecular weight is 269 g/mol. The summed E-state index contributed by atoms with van der Waals surface area (Å²) in [6.07, 6.45) is 0. The molecule has 0 aliphatic carbocycles. The smallest absolute Gasteiger partial charge is 0.196 e. The van der Waals surface area contributed by atoms with Crippen molar-refractivity contribution in [3.8, 4) is 0 Å². The zero-order chi connectivity index (χ0) is 14.1. The molecule has 0 saturated carbocycles. The van der Waals surface area contributed by atoms with Crippen LogP contribution in [0.3, 0.4) is 0 Å². The van der Waals surface area contributed by atoms with Crippen LogP contribution in [0.5, 0.6) is 0 Å². The lowest BCUT2D eigenvalue weighted by molar-refractivity contribution is 0.589. The molecule has 1 atom stereocenters. The molecule has 1 aliphatic rings. The molecule has 0 saturated heterocycles. The van der Waals surface area contributed by atoms with Crippen molar-refractivity contribution in [3.05, 3.63) is 65.5 Å². The van der Waals surface area contributed by atoms with E-state index in [4.69, 9.17) is 5.73 Å². The van der Waals surface area contributed by atoms with Crippen molar-refractivity contribution in [1.29, 1.82) is 0 Å². The monoisotopic (exact) mass is 269 g/mol. The number of hydrogen-bond donors (Lipinski definition) is 1. The lowest BCUT2D eigenvalue weighted by Crippen LogP contribution is -2.36. The second kappa shape index (κ2) is 4.96. The third-order valence-electron chi connectivity index (χ3n) is 3.56. The highest BCUT2D eigenvalue weighted by Crippen LogP contribution is 2.32. The molecule has 1 unspecified atom stereocenters. The molecule has 2 N–H and O–H groups in total. The van der Waals surface area contributed by atoms with E-state index >= 15 is 0 Å². The van der Waals surface area contributed by atoms with E-state index in [0.717, 1.165) is 5.69 Å². The third kappa shape index (κ3) is 2.13. The molecule has 2 aromatic rings. The number of guanidine groups is 1. The molecule has 102 valence electrons. The molecule has 1 aliphatic heterocycles. The van der Waals surface area contributed by atoms with E-state index in [1.54, 1.807) is 12.1 Å². The summed E-state index contributed by atoms with van der Waals surface area (Å²) < 4.78 is 14.0. The second-order valence-corrected chi connectivity index (χ2v) is 4.94. The van der Waals surface area contributed by atoms with E-state index in [1.807, 2.05) is 42.2 Å². The highest BCUT2D eigenvalue weighted by atomic mass is 19.1. The Labute approximate surface area is 117 Å². The molecule has 20 heavy (non-hydrogen) atoms. The minimum atomic E-state index is -0.223. The van der Waals surface area contributed by atoms with E-state index in [-0.39, 0.29) is 11.9 Å². The first-order valence-corrected chi connectivity index (χ1v) is 6.57. The Morgan fingerprint density at radius 1 is 1.15 bits per heavy atom. The first kappa shape index (κ1) is 12.7. The largest absolute Gasteiger partial charge is 0.369 e. The van der Waals surface area contributed by atoms with Gasteiger partial charge < -0.3 is 10.6 Å². The van der Waals surface area contributed by atoms with Gasteiger partial charge in [-0.05, 0) is 25.1 Å². The molecule has 3 rings (SSSR count). The fourth-order valence-corrected chi connectivity index (χ4v) is 2.50. The van der Waals surface area contributed by atoms with Crippen LogP contribution >= 0.6 is 0 Å². The minimum absolute atomic E-state index is 0.182. The zero-order valence-electron chi connectivity index (χ0n) is 11.3. The number of nitrogens with two attached hydrogens (primary N) is 1. The van der Waals surface area contributed by atoms with E-state index < -0.39 is 0 Å². The second-order valence-electron chi connectivity index (χ2n) is 4.94. The number of benzene rings is 2. The number of aryl methyl sites for hydroxylation is 1. The number of rotatable bonds is 2. The lowest BCUT2D eigenvalue weighted by atomic mass is 10.0. The Hall–Kier alpha value is -2.36. The molecule has 0 bridgehead atoms. The fraction of sp³-hybridized carbons (Fsp3) is 0.188. The molecular formula is C16H16FN3. The van der Waals surface area contributed by atoms with Gasteiger partial charge >= 0.3 is 0 Å². The molecule has 0 aromatic heterocycles. The molecule has 0 amide bonds. The summed E-state index contributed by atoms with van der Waals surface area (Å²) in [5.41, 5.74) is 8.71. The molecule has 3 nitrogen and oxygen atoms in total. The maximum Gasteiger partial charge on any atom is 0.196 e. The summed E-state index contributed by atoms with van der Waals surface area (Å²) in [4.78, 5) is 6.16. The predicted octanol–water partition coefficient (Wildman–Crippen LogP) is 3.01. The number of hydrogen-bond acceptors (Lipinski definition) is 3. The Bertz CT molecular complexity index is 649. The van der Waals surface area contributed by atoms with Gasteiger partial charge in [0.2, 0.25) is 0 Å². The highest BCUT2D eigenvalue weighted by Gasteiger charge is 2.30. The summed E-state index contributed by atoms with van der Waals surface area (Å²) in [5.74, 6) is 0.210. The maximum absolute atomic E-state index is 14.0. The van der Waals surface area contributed by atoms with Crippen LogP contribution in [-0.4, -0.2) is 12.5 Å². The average Bonchev–Trinajstić information content (AvgIpc) is 2.82. The number of halogens is 1. The Kier molecular flexibility index (Phi) is 3.14. The topological polar surface area (TPSA) is 41.6 Å². The molecule has 0 spiro atoms. The number of nitrogens with zero attached hydrogens (tertiary/aromatic N) is 2. The van der Waals surface area contributed by atoms with Crippen LogP contribution < -0.4 is 10.6 Å². The van der Waals surface area contributed by atoms with Crippen molar-refractivity contribution in [2.24, 2.45) is 10.7 Å². The minimum Gasteiger partial charge on any atom is -0.369 e. The van der Waals surface area contributed by atoms with Crippen LogP contribution in [0.4, 0.5) is 10.1 Å². The van der Waals surface area contributed by atoms with Crippen LogP contribution in [0.1, 0.15) is 17.2 Å². The first-order chi connectivity index (χ1) is 9.66. The molecule has 1 heterocycles. The summed E-state index contributed by atoms with van der Waals surface area (Å²) >= 11 is 0. The van der Waals surface area contributed by atoms with Crippen LogP contribution in [0.25, 0.3) is 0 Å². The van der Waals surface area contributed by atoms with E-state index in [0.29, 0.717) is 18.1 Å². The van der Waals surface area contributed by atoms with Crippen LogP contribution in [0.2, 0.25) is 0 Å². The fourth-order valence-electron chi connectivity index (χ4n) is 2.50.